The second kappa shape index (κ2) is 3.45. The van der Waals surface area contributed by atoms with Crippen LogP contribution in [0, 0.1) is 0 Å². The molecular formula is C7H11NO3S2. The SMILES string of the molecule is CC1=C(S(=O)(=O)O)C(S)C(N)C=C1. The third kappa shape index (κ3) is 2.14. The predicted octanol–water partition coefficient (Wildman–Crippen LogP) is 0.344. The first kappa shape index (κ1) is 10.8. The number of rotatable bonds is 1. The Morgan fingerprint density at radius 3 is 2.54 bits per heavy atom. The zero-order valence-corrected chi connectivity index (χ0v) is 8.72. The minimum atomic E-state index is -4.19. The minimum absolute atomic E-state index is 0.106. The molecule has 0 aromatic rings. The van der Waals surface area contributed by atoms with Crippen LogP contribution in [0.5, 0.6) is 0 Å². The van der Waals surface area contributed by atoms with Gasteiger partial charge in [0.25, 0.3) is 10.1 Å². The molecular weight excluding hydrogens is 210 g/mol. The molecule has 2 atom stereocenters. The normalized spacial score (nSPS) is 29.5. The van der Waals surface area contributed by atoms with E-state index < -0.39 is 21.4 Å². The van der Waals surface area contributed by atoms with Crippen LogP contribution >= 0.6 is 12.6 Å². The highest BCUT2D eigenvalue weighted by Gasteiger charge is 2.29. The number of nitrogens with two attached hydrogens (primary N) is 1. The molecule has 6 heteroatoms. The van der Waals surface area contributed by atoms with E-state index in [2.05, 4.69) is 12.6 Å². The highest BCUT2D eigenvalue weighted by atomic mass is 32.2. The van der Waals surface area contributed by atoms with Crippen molar-refractivity contribution in [3.63, 3.8) is 0 Å². The zero-order valence-electron chi connectivity index (χ0n) is 7.01. The second-order valence-corrected chi connectivity index (χ2v) is 4.85. The molecule has 0 saturated heterocycles. The fourth-order valence-electron chi connectivity index (χ4n) is 1.21. The predicted molar refractivity (Wildman–Crippen MR) is 54.1 cm³/mol. The maximum Gasteiger partial charge on any atom is 0.292 e. The average Bonchev–Trinajstić information content (AvgIpc) is 1.95. The van der Waals surface area contributed by atoms with Gasteiger partial charge in [-0.3, -0.25) is 4.55 Å². The van der Waals surface area contributed by atoms with E-state index in [4.69, 9.17) is 10.3 Å². The Morgan fingerprint density at radius 1 is 1.62 bits per heavy atom. The summed E-state index contributed by atoms with van der Waals surface area (Å²) < 4.78 is 30.7. The zero-order chi connectivity index (χ0) is 10.2. The fraction of sp³-hybridized carbons (Fsp3) is 0.429. The van der Waals surface area contributed by atoms with Crippen LogP contribution in [0.3, 0.4) is 0 Å². The molecule has 0 amide bonds. The van der Waals surface area contributed by atoms with Gasteiger partial charge in [-0.15, -0.1) is 0 Å². The van der Waals surface area contributed by atoms with Gasteiger partial charge in [-0.2, -0.15) is 21.0 Å². The van der Waals surface area contributed by atoms with Crippen molar-refractivity contribution >= 4 is 22.7 Å². The van der Waals surface area contributed by atoms with E-state index in [-0.39, 0.29) is 4.91 Å². The molecule has 0 aliphatic heterocycles. The molecule has 4 nitrogen and oxygen atoms in total. The number of thiol groups is 1. The molecule has 0 spiro atoms. The Balaban J connectivity index is 3.26. The van der Waals surface area contributed by atoms with Crippen LogP contribution in [-0.2, 0) is 10.1 Å². The first-order valence-corrected chi connectivity index (χ1v) is 5.60. The molecule has 3 N–H and O–H groups in total. The highest BCUT2D eigenvalue weighted by Crippen LogP contribution is 2.26. The van der Waals surface area contributed by atoms with Crippen molar-refractivity contribution in [3.05, 3.63) is 22.6 Å². The third-order valence-corrected chi connectivity index (χ3v) is 3.78. The molecule has 1 aliphatic rings. The summed E-state index contributed by atoms with van der Waals surface area (Å²) in [6.07, 6.45) is 3.22. The van der Waals surface area contributed by atoms with Crippen LogP contribution in [0.25, 0.3) is 0 Å². The minimum Gasteiger partial charge on any atom is -0.323 e. The van der Waals surface area contributed by atoms with E-state index in [9.17, 15) is 8.42 Å². The maximum atomic E-state index is 10.9. The van der Waals surface area contributed by atoms with Crippen LogP contribution in [-0.4, -0.2) is 24.3 Å². The standard InChI is InChI=1S/C7H11NO3S2/c1-4-2-3-5(8)6(12)7(4)13(9,10)11/h2-3,5-6,12H,8H2,1H3,(H,9,10,11). The largest absolute Gasteiger partial charge is 0.323 e. The average molecular weight is 221 g/mol. The van der Waals surface area contributed by atoms with Gasteiger partial charge in [0.05, 0.1) is 10.2 Å². The van der Waals surface area contributed by atoms with E-state index in [1.165, 1.54) is 0 Å². The van der Waals surface area contributed by atoms with Crippen molar-refractivity contribution in [1.82, 2.24) is 0 Å². The Labute approximate surface area is 82.7 Å². The summed E-state index contributed by atoms with van der Waals surface area (Å²) in [6.45, 7) is 1.59. The molecule has 0 radical (unpaired) electrons. The topological polar surface area (TPSA) is 80.4 Å². The van der Waals surface area contributed by atoms with Crippen molar-refractivity contribution in [3.8, 4) is 0 Å². The van der Waals surface area contributed by atoms with Crippen molar-refractivity contribution in [2.75, 3.05) is 0 Å². The molecule has 0 aromatic carbocycles. The summed E-state index contributed by atoms with van der Waals surface area (Å²) in [6, 6.07) is -0.482. The number of hydrogen-bond donors (Lipinski definition) is 3. The van der Waals surface area contributed by atoms with Crippen molar-refractivity contribution < 1.29 is 13.0 Å². The molecule has 1 rings (SSSR count). The second-order valence-electron chi connectivity index (χ2n) is 2.90. The Bertz CT molecular complexity index is 369. The van der Waals surface area contributed by atoms with Gasteiger partial charge in [0.2, 0.25) is 0 Å². The quantitative estimate of drug-likeness (QED) is 0.441. The molecule has 13 heavy (non-hydrogen) atoms. The summed E-state index contributed by atoms with van der Waals surface area (Å²) in [5, 5.41) is -0.667. The van der Waals surface area contributed by atoms with E-state index >= 15 is 0 Å². The third-order valence-electron chi connectivity index (χ3n) is 1.87. The molecule has 0 saturated carbocycles. The van der Waals surface area contributed by atoms with Crippen LogP contribution in [0.15, 0.2) is 22.6 Å². The lowest BCUT2D eigenvalue weighted by Crippen LogP contribution is -2.35. The molecule has 0 bridgehead atoms. The van der Waals surface area contributed by atoms with Crippen molar-refractivity contribution in [1.29, 1.82) is 0 Å². The summed E-state index contributed by atoms with van der Waals surface area (Å²) in [5.74, 6) is 0. The summed E-state index contributed by atoms with van der Waals surface area (Å²) in [7, 11) is -4.19. The van der Waals surface area contributed by atoms with Crippen molar-refractivity contribution in [2.45, 2.75) is 18.2 Å². The van der Waals surface area contributed by atoms with E-state index in [1.54, 1.807) is 19.1 Å². The van der Waals surface area contributed by atoms with Gasteiger partial charge in [0.1, 0.15) is 0 Å². The molecule has 0 aromatic heterocycles. The summed E-state index contributed by atoms with van der Waals surface area (Å²) in [4.78, 5) is -0.106. The molecule has 2 unspecified atom stereocenters. The van der Waals surface area contributed by atoms with Gasteiger partial charge in [-0.05, 0) is 12.5 Å². The fourth-order valence-corrected chi connectivity index (χ4v) is 2.85. The lowest BCUT2D eigenvalue weighted by Gasteiger charge is -2.22. The van der Waals surface area contributed by atoms with E-state index in [1.807, 2.05) is 0 Å². The van der Waals surface area contributed by atoms with Gasteiger partial charge >= 0.3 is 0 Å². The molecule has 0 heterocycles. The Hall–Kier alpha value is -0.300. The Kier molecular flexibility index (Phi) is 2.86. The van der Waals surface area contributed by atoms with Crippen LogP contribution in [0.4, 0.5) is 0 Å². The monoisotopic (exact) mass is 221 g/mol. The first-order valence-electron chi connectivity index (χ1n) is 3.64. The molecule has 0 fully saturated rings. The number of hydrogen-bond acceptors (Lipinski definition) is 4. The first-order chi connectivity index (χ1) is 5.84. The van der Waals surface area contributed by atoms with Crippen LogP contribution in [0.1, 0.15) is 6.92 Å². The van der Waals surface area contributed by atoms with Crippen LogP contribution in [0.2, 0.25) is 0 Å². The number of allylic oxidation sites excluding steroid dienone is 2. The lowest BCUT2D eigenvalue weighted by atomic mass is 10.0. The lowest BCUT2D eigenvalue weighted by molar-refractivity contribution is 0.488. The van der Waals surface area contributed by atoms with Crippen LogP contribution < -0.4 is 5.73 Å². The van der Waals surface area contributed by atoms with Gasteiger partial charge in [0.15, 0.2) is 0 Å². The summed E-state index contributed by atoms with van der Waals surface area (Å²) >= 11 is 4.03. The Morgan fingerprint density at radius 2 is 2.15 bits per heavy atom. The van der Waals surface area contributed by atoms with E-state index in [0.717, 1.165) is 0 Å². The van der Waals surface area contributed by atoms with Gasteiger partial charge in [-0.1, -0.05) is 12.2 Å². The summed E-state index contributed by atoms with van der Waals surface area (Å²) in [5.41, 5.74) is 6.03. The highest BCUT2D eigenvalue weighted by molar-refractivity contribution is 7.92. The van der Waals surface area contributed by atoms with Gasteiger partial charge in [0, 0.05) is 6.04 Å². The van der Waals surface area contributed by atoms with Gasteiger partial charge < -0.3 is 5.73 Å². The maximum absolute atomic E-state index is 10.9. The smallest absolute Gasteiger partial charge is 0.292 e. The molecule has 74 valence electrons. The van der Waals surface area contributed by atoms with Crippen molar-refractivity contribution in [2.24, 2.45) is 5.73 Å². The van der Waals surface area contributed by atoms with Gasteiger partial charge in [-0.25, -0.2) is 0 Å². The van der Waals surface area contributed by atoms with E-state index in [0.29, 0.717) is 5.57 Å². The molecule has 1 aliphatic carbocycles.